The van der Waals surface area contributed by atoms with Crippen molar-refractivity contribution in [1.29, 1.82) is 0 Å². The number of carbonyl (C=O) groups excluding carboxylic acids is 1. The van der Waals surface area contributed by atoms with Crippen LogP contribution >= 0.6 is 35.6 Å². The van der Waals surface area contributed by atoms with Crippen molar-refractivity contribution in [3.8, 4) is 0 Å². The van der Waals surface area contributed by atoms with E-state index in [4.69, 9.17) is 23.8 Å². The highest BCUT2D eigenvalue weighted by Crippen LogP contribution is 2.36. The van der Waals surface area contributed by atoms with Crippen molar-refractivity contribution in [2.24, 2.45) is 0 Å². The molecule has 1 heterocycles. The predicted molar refractivity (Wildman–Crippen MR) is 93.9 cm³/mol. The second-order valence-electron chi connectivity index (χ2n) is 4.40. The van der Waals surface area contributed by atoms with Gasteiger partial charge in [0, 0.05) is 5.02 Å². The maximum absolute atomic E-state index is 12.2. The Morgan fingerprint density at radius 2 is 1.71 bits per heavy atom. The molecule has 2 aromatic rings. The number of halogens is 1. The molecule has 0 bridgehead atoms. The van der Waals surface area contributed by atoms with Crippen molar-refractivity contribution < 1.29 is 4.79 Å². The van der Waals surface area contributed by atoms with Crippen LogP contribution in [0.15, 0.2) is 59.5 Å². The third-order valence-electron chi connectivity index (χ3n) is 2.98. The van der Waals surface area contributed by atoms with Gasteiger partial charge < -0.3 is 0 Å². The van der Waals surface area contributed by atoms with Crippen LogP contribution in [0.25, 0.3) is 6.08 Å². The lowest BCUT2D eigenvalue weighted by Gasteiger charge is -2.14. The SMILES string of the molecule is O=C1S/C(=C\c2ccc(Cl)cc2)C(=S)N1c1ccccc1. The third-order valence-corrected chi connectivity index (χ3v) is 4.65. The molecule has 104 valence electrons. The van der Waals surface area contributed by atoms with Crippen LogP contribution in [0.5, 0.6) is 0 Å². The number of anilines is 1. The third kappa shape index (κ3) is 3.02. The van der Waals surface area contributed by atoms with E-state index in [1.165, 1.54) is 0 Å². The minimum atomic E-state index is -0.0774. The summed E-state index contributed by atoms with van der Waals surface area (Å²) in [6, 6.07) is 16.8. The number of benzene rings is 2. The number of thioether (sulfide) groups is 1. The Balaban J connectivity index is 1.92. The fraction of sp³-hybridized carbons (Fsp3) is 0. The van der Waals surface area contributed by atoms with Crippen LogP contribution in [0.3, 0.4) is 0 Å². The Morgan fingerprint density at radius 1 is 1.05 bits per heavy atom. The predicted octanol–water partition coefficient (Wildman–Crippen LogP) is 5.38. The Labute approximate surface area is 137 Å². The largest absolute Gasteiger partial charge is 0.296 e. The van der Waals surface area contributed by atoms with Crippen LogP contribution in [0.2, 0.25) is 5.02 Å². The summed E-state index contributed by atoms with van der Waals surface area (Å²) in [7, 11) is 0. The van der Waals surface area contributed by atoms with Gasteiger partial charge in [-0.2, -0.15) is 0 Å². The monoisotopic (exact) mass is 331 g/mol. The zero-order valence-electron chi connectivity index (χ0n) is 10.8. The highest BCUT2D eigenvalue weighted by atomic mass is 35.5. The number of carbonyl (C=O) groups is 1. The van der Waals surface area contributed by atoms with E-state index in [0.29, 0.717) is 10.0 Å². The minimum Gasteiger partial charge on any atom is -0.261 e. The number of hydrogen-bond acceptors (Lipinski definition) is 3. The number of nitrogens with zero attached hydrogens (tertiary/aromatic N) is 1. The molecule has 0 spiro atoms. The van der Waals surface area contributed by atoms with E-state index in [9.17, 15) is 4.79 Å². The first-order chi connectivity index (χ1) is 10.1. The van der Waals surface area contributed by atoms with Crippen LogP contribution in [0.1, 0.15) is 5.56 Å². The molecule has 0 aliphatic carbocycles. The summed E-state index contributed by atoms with van der Waals surface area (Å²) < 4.78 is 0. The number of para-hydroxylation sites is 1. The molecular formula is C16H10ClNOS2. The van der Waals surface area contributed by atoms with E-state index in [1.807, 2.05) is 60.7 Å². The molecule has 0 aromatic heterocycles. The van der Waals surface area contributed by atoms with Gasteiger partial charge in [-0.15, -0.1) is 0 Å². The van der Waals surface area contributed by atoms with Crippen LogP contribution in [0, 0.1) is 0 Å². The lowest BCUT2D eigenvalue weighted by Crippen LogP contribution is -2.26. The molecule has 5 heteroatoms. The zero-order valence-corrected chi connectivity index (χ0v) is 13.2. The number of hydrogen-bond donors (Lipinski definition) is 0. The average molecular weight is 332 g/mol. The first-order valence-electron chi connectivity index (χ1n) is 6.24. The van der Waals surface area contributed by atoms with E-state index in [1.54, 1.807) is 4.90 Å². The molecule has 0 radical (unpaired) electrons. The van der Waals surface area contributed by atoms with Gasteiger partial charge in [0.2, 0.25) is 0 Å². The summed E-state index contributed by atoms with van der Waals surface area (Å²) in [4.78, 5) is 15.0. The van der Waals surface area contributed by atoms with Gasteiger partial charge in [-0.25, -0.2) is 0 Å². The summed E-state index contributed by atoms with van der Waals surface area (Å²) in [6.07, 6.45) is 1.91. The molecule has 2 aromatic carbocycles. The molecule has 0 N–H and O–H groups in total. The maximum atomic E-state index is 12.2. The average Bonchev–Trinajstić information content (AvgIpc) is 2.77. The van der Waals surface area contributed by atoms with Crippen LogP contribution in [0.4, 0.5) is 10.5 Å². The highest BCUT2D eigenvalue weighted by Gasteiger charge is 2.32. The molecule has 1 aliphatic rings. The quantitative estimate of drug-likeness (QED) is 0.544. The van der Waals surface area contributed by atoms with Gasteiger partial charge in [-0.05, 0) is 47.7 Å². The highest BCUT2D eigenvalue weighted by molar-refractivity contribution is 8.20. The molecule has 1 amide bonds. The summed E-state index contributed by atoms with van der Waals surface area (Å²) in [6.45, 7) is 0. The fourth-order valence-corrected chi connectivity index (χ4v) is 3.38. The normalized spacial score (nSPS) is 16.8. The van der Waals surface area contributed by atoms with Crippen molar-refractivity contribution in [2.75, 3.05) is 4.90 Å². The topological polar surface area (TPSA) is 20.3 Å². The minimum absolute atomic E-state index is 0.0774. The molecule has 1 saturated heterocycles. The van der Waals surface area contributed by atoms with Gasteiger partial charge in [0.15, 0.2) is 0 Å². The molecule has 0 unspecified atom stereocenters. The summed E-state index contributed by atoms with van der Waals surface area (Å²) in [5.74, 6) is 0. The van der Waals surface area contributed by atoms with E-state index in [0.717, 1.165) is 27.9 Å². The first kappa shape index (κ1) is 14.3. The van der Waals surface area contributed by atoms with Crippen molar-refractivity contribution >= 4 is 57.6 Å². The van der Waals surface area contributed by atoms with Gasteiger partial charge in [-0.1, -0.05) is 54.2 Å². The summed E-state index contributed by atoms with van der Waals surface area (Å²) in [5, 5.41) is 0.604. The molecule has 0 atom stereocenters. The van der Waals surface area contributed by atoms with Crippen molar-refractivity contribution in [2.45, 2.75) is 0 Å². The number of thiocarbonyl (C=S) groups is 1. The van der Waals surface area contributed by atoms with Gasteiger partial charge in [0.25, 0.3) is 5.24 Å². The lowest BCUT2D eigenvalue weighted by molar-refractivity contribution is 0.268. The molecule has 3 rings (SSSR count). The van der Waals surface area contributed by atoms with Crippen molar-refractivity contribution in [3.63, 3.8) is 0 Å². The Bertz CT molecular complexity index is 726. The number of rotatable bonds is 2. The maximum Gasteiger partial charge on any atom is 0.296 e. The zero-order chi connectivity index (χ0) is 14.8. The molecule has 2 nitrogen and oxygen atoms in total. The Morgan fingerprint density at radius 3 is 2.38 bits per heavy atom. The van der Waals surface area contributed by atoms with E-state index >= 15 is 0 Å². The number of amides is 1. The van der Waals surface area contributed by atoms with Gasteiger partial charge in [0.05, 0.1) is 10.6 Å². The van der Waals surface area contributed by atoms with Crippen LogP contribution in [-0.2, 0) is 0 Å². The fourth-order valence-electron chi connectivity index (χ4n) is 1.98. The van der Waals surface area contributed by atoms with E-state index < -0.39 is 0 Å². The van der Waals surface area contributed by atoms with Gasteiger partial charge in [-0.3, -0.25) is 9.69 Å². The Kier molecular flexibility index (Phi) is 4.10. The van der Waals surface area contributed by atoms with Crippen LogP contribution in [-0.4, -0.2) is 10.2 Å². The van der Waals surface area contributed by atoms with Crippen molar-refractivity contribution in [3.05, 3.63) is 70.1 Å². The smallest absolute Gasteiger partial charge is 0.261 e. The van der Waals surface area contributed by atoms with Crippen molar-refractivity contribution in [1.82, 2.24) is 0 Å². The lowest BCUT2D eigenvalue weighted by atomic mass is 10.2. The molecule has 21 heavy (non-hydrogen) atoms. The second-order valence-corrected chi connectivity index (χ2v) is 6.22. The van der Waals surface area contributed by atoms with Gasteiger partial charge in [0.1, 0.15) is 4.99 Å². The van der Waals surface area contributed by atoms with E-state index in [2.05, 4.69) is 0 Å². The van der Waals surface area contributed by atoms with Crippen LogP contribution < -0.4 is 4.90 Å². The molecule has 1 fully saturated rings. The first-order valence-corrected chi connectivity index (χ1v) is 7.84. The molecular weight excluding hydrogens is 322 g/mol. The second kappa shape index (κ2) is 6.02. The Hall–Kier alpha value is -1.62. The summed E-state index contributed by atoms with van der Waals surface area (Å²) >= 11 is 12.5. The standard InChI is InChI=1S/C16H10ClNOS2/c17-12-8-6-11(7-9-12)10-14-15(20)18(16(19)21-14)13-4-2-1-3-5-13/h1-10H/b14-10-. The van der Waals surface area contributed by atoms with E-state index in [-0.39, 0.29) is 5.24 Å². The molecule has 1 aliphatic heterocycles. The van der Waals surface area contributed by atoms with Gasteiger partial charge >= 0.3 is 0 Å². The molecule has 0 saturated carbocycles. The summed E-state index contributed by atoms with van der Waals surface area (Å²) in [5.41, 5.74) is 1.76.